The number of hydrogen-bond acceptors (Lipinski definition) is 2. The fourth-order valence-electron chi connectivity index (χ4n) is 1.66. The molecule has 0 aliphatic carbocycles. The molecule has 0 bridgehead atoms. The zero-order chi connectivity index (χ0) is 12.7. The highest BCUT2D eigenvalue weighted by molar-refractivity contribution is 9.10. The Balaban J connectivity index is 2.51. The Morgan fingerprint density at radius 1 is 1.35 bits per heavy atom. The molecule has 0 saturated heterocycles. The fraction of sp³-hybridized carbons (Fsp3) is 0.538. The van der Waals surface area contributed by atoms with Crippen molar-refractivity contribution in [3.05, 3.63) is 34.1 Å². The van der Waals surface area contributed by atoms with Crippen molar-refractivity contribution in [1.29, 1.82) is 0 Å². The summed E-state index contributed by atoms with van der Waals surface area (Å²) in [4.78, 5) is 2.34. The molecule has 96 valence electrons. The van der Waals surface area contributed by atoms with Crippen LogP contribution in [0.2, 0.25) is 0 Å². The molecule has 1 rings (SSSR count). The van der Waals surface area contributed by atoms with Crippen LogP contribution in [0.25, 0.3) is 0 Å². The summed E-state index contributed by atoms with van der Waals surface area (Å²) < 4.78 is 13.6. The molecule has 0 spiro atoms. The first-order valence-corrected chi connectivity index (χ1v) is 6.83. The van der Waals surface area contributed by atoms with Crippen LogP contribution in [0.4, 0.5) is 4.39 Å². The van der Waals surface area contributed by atoms with Gasteiger partial charge in [0, 0.05) is 19.6 Å². The first kappa shape index (κ1) is 14.6. The van der Waals surface area contributed by atoms with Crippen LogP contribution < -0.4 is 5.32 Å². The Morgan fingerprint density at radius 2 is 2.12 bits per heavy atom. The van der Waals surface area contributed by atoms with Crippen molar-refractivity contribution in [2.75, 3.05) is 26.2 Å². The van der Waals surface area contributed by atoms with E-state index in [-0.39, 0.29) is 5.82 Å². The average molecular weight is 303 g/mol. The highest BCUT2D eigenvalue weighted by atomic mass is 79.9. The second kappa shape index (κ2) is 7.80. The predicted octanol–water partition coefficient (Wildman–Crippen LogP) is 3.02. The van der Waals surface area contributed by atoms with E-state index in [0.29, 0.717) is 4.47 Å². The van der Waals surface area contributed by atoms with Gasteiger partial charge in [0.15, 0.2) is 0 Å². The lowest BCUT2D eigenvalue weighted by atomic mass is 10.2. The molecule has 0 radical (unpaired) electrons. The number of hydrogen-bond donors (Lipinski definition) is 1. The maximum Gasteiger partial charge on any atom is 0.137 e. The van der Waals surface area contributed by atoms with E-state index in [2.05, 4.69) is 40.0 Å². The Hall–Kier alpha value is -0.450. The van der Waals surface area contributed by atoms with Crippen LogP contribution in [0.1, 0.15) is 19.4 Å². The predicted molar refractivity (Wildman–Crippen MR) is 73.6 cm³/mol. The summed E-state index contributed by atoms with van der Waals surface area (Å²) in [7, 11) is 0. The Labute approximate surface area is 111 Å². The van der Waals surface area contributed by atoms with Gasteiger partial charge in [-0.2, -0.15) is 0 Å². The van der Waals surface area contributed by atoms with Crippen molar-refractivity contribution in [2.45, 2.75) is 20.4 Å². The highest BCUT2D eigenvalue weighted by Gasteiger charge is 2.05. The third-order valence-corrected chi connectivity index (χ3v) is 3.30. The number of nitrogens with one attached hydrogen (secondary N) is 1. The van der Waals surface area contributed by atoms with Crippen LogP contribution in [0.3, 0.4) is 0 Å². The minimum Gasteiger partial charge on any atom is -0.316 e. The molecule has 0 amide bonds. The lowest BCUT2D eigenvalue weighted by Crippen LogP contribution is -2.31. The van der Waals surface area contributed by atoms with Crippen molar-refractivity contribution in [2.24, 2.45) is 0 Å². The molecule has 0 heterocycles. The van der Waals surface area contributed by atoms with Crippen LogP contribution in [-0.4, -0.2) is 31.1 Å². The average Bonchev–Trinajstić information content (AvgIpc) is 2.32. The maximum absolute atomic E-state index is 13.1. The Morgan fingerprint density at radius 3 is 2.71 bits per heavy atom. The summed E-state index contributed by atoms with van der Waals surface area (Å²) in [6, 6.07) is 5.21. The molecule has 0 aliphatic rings. The van der Waals surface area contributed by atoms with E-state index in [1.165, 1.54) is 6.07 Å². The minimum atomic E-state index is -0.204. The van der Waals surface area contributed by atoms with Crippen molar-refractivity contribution >= 4 is 15.9 Å². The lowest BCUT2D eigenvalue weighted by molar-refractivity contribution is 0.280. The Bertz CT molecular complexity index is 344. The first-order valence-electron chi connectivity index (χ1n) is 6.04. The van der Waals surface area contributed by atoms with Crippen molar-refractivity contribution < 1.29 is 4.39 Å². The summed E-state index contributed by atoms with van der Waals surface area (Å²) in [6.07, 6.45) is 0. The third-order valence-electron chi connectivity index (χ3n) is 2.69. The third kappa shape index (κ3) is 5.15. The summed E-state index contributed by atoms with van der Waals surface area (Å²) in [5.74, 6) is -0.204. The van der Waals surface area contributed by atoms with Crippen LogP contribution in [-0.2, 0) is 6.54 Å². The zero-order valence-corrected chi connectivity index (χ0v) is 12.1. The topological polar surface area (TPSA) is 15.3 Å². The van der Waals surface area contributed by atoms with Gasteiger partial charge in [-0.25, -0.2) is 4.39 Å². The molecule has 0 fully saturated rings. The minimum absolute atomic E-state index is 0.204. The zero-order valence-electron chi connectivity index (χ0n) is 10.5. The number of halogens is 2. The van der Waals surface area contributed by atoms with Gasteiger partial charge in [-0.05, 0) is 46.7 Å². The molecule has 1 aromatic carbocycles. The van der Waals surface area contributed by atoms with Crippen molar-refractivity contribution in [3.63, 3.8) is 0 Å². The molecule has 17 heavy (non-hydrogen) atoms. The number of likely N-dealkylation sites (N-methyl/N-ethyl adjacent to an activating group) is 2. The molecule has 4 heteroatoms. The molecule has 0 aromatic heterocycles. The van der Waals surface area contributed by atoms with Crippen LogP contribution in [0, 0.1) is 5.82 Å². The van der Waals surface area contributed by atoms with E-state index >= 15 is 0 Å². The number of benzene rings is 1. The van der Waals surface area contributed by atoms with Crippen molar-refractivity contribution in [3.8, 4) is 0 Å². The summed E-state index contributed by atoms with van der Waals surface area (Å²) >= 11 is 3.22. The molecular weight excluding hydrogens is 283 g/mol. The van der Waals surface area contributed by atoms with Crippen molar-refractivity contribution in [1.82, 2.24) is 10.2 Å². The standard InChI is InChI=1S/C13H20BrFN2/c1-3-16-7-8-17(4-2)10-11-5-6-13(15)12(14)9-11/h5-6,9,16H,3-4,7-8,10H2,1-2H3. The normalized spacial score (nSPS) is 11.1. The molecule has 0 atom stereocenters. The molecule has 0 aliphatic heterocycles. The molecular formula is C13H20BrFN2. The second-order valence-electron chi connectivity index (χ2n) is 3.97. The first-order chi connectivity index (χ1) is 8.17. The van der Waals surface area contributed by atoms with E-state index in [1.807, 2.05) is 12.1 Å². The highest BCUT2D eigenvalue weighted by Crippen LogP contribution is 2.17. The van der Waals surface area contributed by atoms with Gasteiger partial charge in [-0.3, -0.25) is 4.90 Å². The van der Waals surface area contributed by atoms with Gasteiger partial charge in [0.25, 0.3) is 0 Å². The quantitative estimate of drug-likeness (QED) is 0.779. The van der Waals surface area contributed by atoms with E-state index in [9.17, 15) is 4.39 Å². The summed E-state index contributed by atoms with van der Waals surface area (Å²) in [5, 5.41) is 3.31. The molecule has 0 unspecified atom stereocenters. The fourth-order valence-corrected chi connectivity index (χ4v) is 2.09. The number of nitrogens with zero attached hydrogens (tertiary/aromatic N) is 1. The van der Waals surface area contributed by atoms with Gasteiger partial charge in [0.2, 0.25) is 0 Å². The molecule has 2 nitrogen and oxygen atoms in total. The van der Waals surface area contributed by atoms with Gasteiger partial charge in [-0.1, -0.05) is 19.9 Å². The van der Waals surface area contributed by atoms with E-state index in [4.69, 9.17) is 0 Å². The monoisotopic (exact) mass is 302 g/mol. The van der Waals surface area contributed by atoms with Gasteiger partial charge < -0.3 is 5.32 Å². The van der Waals surface area contributed by atoms with Gasteiger partial charge in [0.1, 0.15) is 5.82 Å². The molecule has 0 saturated carbocycles. The van der Waals surface area contributed by atoms with Crippen LogP contribution in [0.15, 0.2) is 22.7 Å². The van der Waals surface area contributed by atoms with Gasteiger partial charge in [0.05, 0.1) is 4.47 Å². The summed E-state index contributed by atoms with van der Waals surface area (Å²) in [6.45, 7) is 9.12. The van der Waals surface area contributed by atoms with E-state index in [0.717, 1.165) is 38.3 Å². The number of rotatable bonds is 7. The molecule has 1 aromatic rings. The lowest BCUT2D eigenvalue weighted by Gasteiger charge is -2.20. The second-order valence-corrected chi connectivity index (χ2v) is 4.83. The van der Waals surface area contributed by atoms with Crippen LogP contribution in [0.5, 0.6) is 0 Å². The summed E-state index contributed by atoms with van der Waals surface area (Å²) in [5.41, 5.74) is 1.14. The van der Waals surface area contributed by atoms with Gasteiger partial charge in [-0.15, -0.1) is 0 Å². The van der Waals surface area contributed by atoms with Gasteiger partial charge >= 0.3 is 0 Å². The smallest absolute Gasteiger partial charge is 0.137 e. The SMILES string of the molecule is CCNCCN(CC)Cc1ccc(F)c(Br)c1. The van der Waals surface area contributed by atoms with E-state index < -0.39 is 0 Å². The van der Waals surface area contributed by atoms with Crippen LogP contribution >= 0.6 is 15.9 Å². The van der Waals surface area contributed by atoms with E-state index in [1.54, 1.807) is 0 Å². The maximum atomic E-state index is 13.1. The largest absolute Gasteiger partial charge is 0.316 e. The Kier molecular flexibility index (Phi) is 6.70. The molecule has 1 N–H and O–H groups in total.